The summed E-state index contributed by atoms with van der Waals surface area (Å²) in [6, 6.07) is 54.2. The van der Waals surface area contributed by atoms with E-state index in [4.69, 9.17) is 4.98 Å². The van der Waals surface area contributed by atoms with Crippen molar-refractivity contribution in [2.45, 2.75) is 0 Å². The Kier molecular flexibility index (Phi) is 5.49. The fourth-order valence-electron chi connectivity index (χ4n) is 6.10. The monoisotopic (exact) mass is 522 g/mol. The Bertz CT molecular complexity index is 2150. The van der Waals surface area contributed by atoms with Crippen molar-refractivity contribution in [2.75, 3.05) is 0 Å². The van der Waals surface area contributed by atoms with Crippen LogP contribution in [0.1, 0.15) is 0 Å². The number of para-hydroxylation sites is 2. The SMILES string of the molecule is c1ccc(-c2cccc(-c3cc(-c4nccc5ccccc45)cc(-n4c5ccccc5c5ccccc54)c3)c2)cc1. The van der Waals surface area contributed by atoms with E-state index in [0.29, 0.717) is 0 Å². The summed E-state index contributed by atoms with van der Waals surface area (Å²) in [5.74, 6) is 0. The van der Waals surface area contributed by atoms with Crippen LogP contribution in [-0.2, 0) is 0 Å². The average molecular weight is 523 g/mol. The van der Waals surface area contributed by atoms with Crippen LogP contribution in [0.25, 0.3) is 71.8 Å². The fraction of sp³-hybridized carbons (Fsp3) is 0. The molecule has 6 aromatic carbocycles. The molecule has 2 heteroatoms. The second-order valence-corrected chi connectivity index (χ2v) is 10.5. The molecule has 8 rings (SSSR count). The fourth-order valence-corrected chi connectivity index (χ4v) is 6.10. The van der Waals surface area contributed by atoms with E-state index in [1.165, 1.54) is 43.9 Å². The number of benzene rings is 6. The molecule has 0 radical (unpaired) electrons. The first kappa shape index (κ1) is 23.4. The van der Waals surface area contributed by atoms with Gasteiger partial charge in [0.05, 0.1) is 16.7 Å². The van der Waals surface area contributed by atoms with Crippen molar-refractivity contribution in [3.63, 3.8) is 0 Å². The number of rotatable bonds is 4. The van der Waals surface area contributed by atoms with Crippen molar-refractivity contribution in [1.82, 2.24) is 9.55 Å². The van der Waals surface area contributed by atoms with Crippen molar-refractivity contribution in [3.05, 3.63) is 158 Å². The van der Waals surface area contributed by atoms with Gasteiger partial charge in [-0.3, -0.25) is 4.98 Å². The van der Waals surface area contributed by atoms with Crippen molar-refractivity contribution >= 4 is 32.6 Å². The second-order valence-electron chi connectivity index (χ2n) is 10.5. The predicted molar refractivity (Wildman–Crippen MR) is 172 cm³/mol. The summed E-state index contributed by atoms with van der Waals surface area (Å²) in [7, 11) is 0. The van der Waals surface area contributed by atoms with Crippen molar-refractivity contribution in [1.29, 1.82) is 0 Å². The van der Waals surface area contributed by atoms with Crippen LogP contribution in [0.2, 0.25) is 0 Å². The topological polar surface area (TPSA) is 17.8 Å². The Labute approximate surface area is 238 Å². The molecule has 0 bridgehead atoms. The van der Waals surface area contributed by atoms with Gasteiger partial charge in [0.1, 0.15) is 0 Å². The van der Waals surface area contributed by atoms with Gasteiger partial charge < -0.3 is 4.57 Å². The van der Waals surface area contributed by atoms with Crippen molar-refractivity contribution < 1.29 is 0 Å². The molecule has 0 unspecified atom stereocenters. The molecule has 0 saturated carbocycles. The molecule has 2 heterocycles. The minimum atomic E-state index is 0.992. The molecule has 0 aliphatic rings. The zero-order chi connectivity index (χ0) is 27.2. The molecule has 2 nitrogen and oxygen atoms in total. The quantitative estimate of drug-likeness (QED) is 0.225. The lowest BCUT2D eigenvalue weighted by Crippen LogP contribution is -1.97. The highest BCUT2D eigenvalue weighted by atomic mass is 15.0. The van der Waals surface area contributed by atoms with E-state index >= 15 is 0 Å². The first-order valence-electron chi connectivity index (χ1n) is 14.0. The highest BCUT2D eigenvalue weighted by Gasteiger charge is 2.15. The molecule has 41 heavy (non-hydrogen) atoms. The predicted octanol–water partition coefficient (Wildman–Crippen LogP) is 10.3. The highest BCUT2D eigenvalue weighted by Crippen LogP contribution is 2.37. The molecule has 8 aromatic rings. The van der Waals surface area contributed by atoms with Gasteiger partial charge >= 0.3 is 0 Å². The molecular weight excluding hydrogens is 496 g/mol. The summed E-state index contributed by atoms with van der Waals surface area (Å²) in [6.45, 7) is 0. The maximum atomic E-state index is 4.91. The van der Waals surface area contributed by atoms with E-state index in [-0.39, 0.29) is 0 Å². The second kappa shape index (κ2) is 9.62. The third-order valence-electron chi connectivity index (χ3n) is 8.01. The van der Waals surface area contributed by atoms with E-state index in [0.717, 1.165) is 27.9 Å². The molecule has 0 fully saturated rings. The maximum absolute atomic E-state index is 4.91. The first-order chi connectivity index (χ1) is 20.3. The van der Waals surface area contributed by atoms with Gasteiger partial charge in [0.2, 0.25) is 0 Å². The van der Waals surface area contributed by atoms with Gasteiger partial charge in [0.25, 0.3) is 0 Å². The lowest BCUT2D eigenvalue weighted by Gasteiger charge is -2.15. The summed E-state index contributed by atoms with van der Waals surface area (Å²) in [4.78, 5) is 4.91. The van der Waals surface area contributed by atoms with Gasteiger partial charge in [-0.1, -0.05) is 109 Å². The minimum Gasteiger partial charge on any atom is -0.309 e. The van der Waals surface area contributed by atoms with E-state index in [9.17, 15) is 0 Å². The van der Waals surface area contributed by atoms with Crippen LogP contribution < -0.4 is 0 Å². The molecule has 0 amide bonds. The summed E-state index contributed by atoms with van der Waals surface area (Å²) in [5.41, 5.74) is 10.4. The maximum Gasteiger partial charge on any atom is 0.0781 e. The Hall–Kier alpha value is -5.47. The van der Waals surface area contributed by atoms with E-state index in [1.54, 1.807) is 0 Å². The van der Waals surface area contributed by atoms with Crippen LogP contribution >= 0.6 is 0 Å². The molecule has 0 atom stereocenters. The van der Waals surface area contributed by atoms with Crippen LogP contribution in [0, 0.1) is 0 Å². The Morgan fingerprint density at radius 2 is 0.951 bits per heavy atom. The minimum absolute atomic E-state index is 0.992. The van der Waals surface area contributed by atoms with E-state index in [2.05, 4.69) is 156 Å². The molecule has 0 N–H and O–H groups in total. The van der Waals surface area contributed by atoms with Crippen LogP contribution in [0.3, 0.4) is 0 Å². The zero-order valence-electron chi connectivity index (χ0n) is 22.4. The van der Waals surface area contributed by atoms with Crippen LogP contribution in [0.4, 0.5) is 0 Å². The molecule has 0 aliphatic carbocycles. The Morgan fingerprint density at radius 3 is 1.71 bits per heavy atom. The normalized spacial score (nSPS) is 11.4. The number of fused-ring (bicyclic) bond motifs is 4. The molecule has 0 saturated heterocycles. The van der Waals surface area contributed by atoms with Gasteiger partial charge in [-0.05, 0) is 70.1 Å². The van der Waals surface area contributed by atoms with E-state index in [1.807, 2.05) is 6.20 Å². The summed E-state index contributed by atoms with van der Waals surface area (Å²) in [5, 5.41) is 4.85. The summed E-state index contributed by atoms with van der Waals surface area (Å²) < 4.78 is 2.39. The molecule has 2 aromatic heterocycles. The van der Waals surface area contributed by atoms with Crippen molar-refractivity contribution in [3.8, 4) is 39.2 Å². The lowest BCUT2D eigenvalue weighted by atomic mass is 9.95. The van der Waals surface area contributed by atoms with Gasteiger partial charge in [-0.25, -0.2) is 0 Å². The molecular formula is C39H26N2. The molecule has 0 aliphatic heterocycles. The third-order valence-corrected chi connectivity index (χ3v) is 8.01. The number of pyridine rings is 1. The van der Waals surface area contributed by atoms with Gasteiger partial charge in [-0.2, -0.15) is 0 Å². The largest absolute Gasteiger partial charge is 0.309 e. The number of aromatic nitrogens is 2. The third kappa shape index (κ3) is 4.00. The Morgan fingerprint density at radius 1 is 0.390 bits per heavy atom. The van der Waals surface area contributed by atoms with Gasteiger partial charge in [-0.15, -0.1) is 0 Å². The summed E-state index contributed by atoms with van der Waals surface area (Å²) in [6.07, 6.45) is 1.92. The van der Waals surface area contributed by atoms with Gasteiger partial charge in [0, 0.05) is 33.6 Å². The number of hydrogen-bond donors (Lipinski definition) is 0. The number of hydrogen-bond acceptors (Lipinski definition) is 1. The van der Waals surface area contributed by atoms with Crippen LogP contribution in [0.15, 0.2) is 158 Å². The lowest BCUT2D eigenvalue weighted by molar-refractivity contribution is 1.18. The van der Waals surface area contributed by atoms with Gasteiger partial charge in [0.15, 0.2) is 0 Å². The van der Waals surface area contributed by atoms with E-state index < -0.39 is 0 Å². The van der Waals surface area contributed by atoms with Crippen molar-refractivity contribution in [2.24, 2.45) is 0 Å². The molecule has 192 valence electrons. The Balaban J connectivity index is 1.42. The smallest absolute Gasteiger partial charge is 0.0781 e. The number of nitrogens with zero attached hydrogens (tertiary/aromatic N) is 2. The highest BCUT2D eigenvalue weighted by molar-refractivity contribution is 6.09. The standard InChI is InChI=1S/C39H26N2/c1-2-11-27(12-3-1)29-14-10-15-30(23-29)31-24-32(39-34-16-5-4-13-28(34)21-22-40-39)26-33(25-31)41-37-19-8-6-17-35(37)36-18-7-9-20-38(36)41/h1-26H. The average Bonchev–Trinajstić information content (AvgIpc) is 3.39. The van der Waals surface area contributed by atoms with Crippen LogP contribution in [0.5, 0.6) is 0 Å². The summed E-state index contributed by atoms with van der Waals surface area (Å²) >= 11 is 0. The zero-order valence-corrected chi connectivity index (χ0v) is 22.4. The molecule has 0 spiro atoms. The van der Waals surface area contributed by atoms with Crippen LogP contribution in [-0.4, -0.2) is 9.55 Å². The first-order valence-corrected chi connectivity index (χ1v) is 14.0.